The smallest absolute Gasteiger partial charge is 0.00729 e. The Bertz CT molecular complexity index is 145. The molecule has 0 aromatic rings. The minimum Gasteiger partial charge on any atom is -0.317 e. The number of nitrogens with one attached hydrogen (secondary N) is 1. The van der Waals surface area contributed by atoms with Crippen molar-refractivity contribution in [3.8, 4) is 0 Å². The highest BCUT2D eigenvalue weighted by Crippen LogP contribution is 2.03. The van der Waals surface area contributed by atoms with Gasteiger partial charge in [0.2, 0.25) is 0 Å². The van der Waals surface area contributed by atoms with E-state index in [0.717, 1.165) is 6.42 Å². The molecule has 0 aliphatic heterocycles. The lowest BCUT2D eigenvalue weighted by Crippen LogP contribution is -2.20. The Labute approximate surface area is 70.2 Å². The van der Waals surface area contributed by atoms with Crippen molar-refractivity contribution < 1.29 is 0 Å². The molecule has 0 heterocycles. The third-order valence-corrected chi connectivity index (χ3v) is 1.69. The first-order chi connectivity index (χ1) is 5.20. The van der Waals surface area contributed by atoms with E-state index < -0.39 is 0 Å². The SMILES string of the molecule is C/C=C\C=C(/C)CC(C)NC. The van der Waals surface area contributed by atoms with Gasteiger partial charge >= 0.3 is 0 Å². The van der Waals surface area contributed by atoms with Crippen molar-refractivity contribution in [2.24, 2.45) is 0 Å². The molecule has 1 N–H and O–H groups in total. The van der Waals surface area contributed by atoms with Crippen LogP contribution in [0.5, 0.6) is 0 Å². The quantitative estimate of drug-likeness (QED) is 0.612. The fourth-order valence-corrected chi connectivity index (χ4v) is 0.914. The first kappa shape index (κ1) is 10.4. The third-order valence-electron chi connectivity index (χ3n) is 1.69. The van der Waals surface area contributed by atoms with Gasteiger partial charge in [-0.05, 0) is 34.2 Å². The minimum atomic E-state index is 0.580. The predicted molar refractivity (Wildman–Crippen MR) is 51.7 cm³/mol. The van der Waals surface area contributed by atoms with Crippen LogP contribution < -0.4 is 5.32 Å². The first-order valence-corrected chi connectivity index (χ1v) is 4.16. The molecule has 0 spiro atoms. The zero-order valence-electron chi connectivity index (χ0n) is 8.02. The van der Waals surface area contributed by atoms with E-state index in [1.54, 1.807) is 0 Å². The van der Waals surface area contributed by atoms with Crippen LogP contribution in [0.3, 0.4) is 0 Å². The van der Waals surface area contributed by atoms with Gasteiger partial charge in [-0.3, -0.25) is 0 Å². The average molecular weight is 153 g/mol. The average Bonchev–Trinajstić information content (AvgIpc) is 2.00. The highest BCUT2D eigenvalue weighted by molar-refractivity contribution is 5.10. The lowest BCUT2D eigenvalue weighted by Gasteiger charge is -2.08. The summed E-state index contributed by atoms with van der Waals surface area (Å²) in [5.41, 5.74) is 1.42. The molecule has 64 valence electrons. The molecule has 0 radical (unpaired) electrons. The van der Waals surface area contributed by atoms with E-state index in [2.05, 4.69) is 31.3 Å². The van der Waals surface area contributed by atoms with E-state index >= 15 is 0 Å². The van der Waals surface area contributed by atoms with Crippen LogP contribution >= 0.6 is 0 Å². The second kappa shape index (κ2) is 6.17. The molecule has 0 saturated heterocycles. The third kappa shape index (κ3) is 5.86. The van der Waals surface area contributed by atoms with Gasteiger partial charge < -0.3 is 5.32 Å². The molecule has 11 heavy (non-hydrogen) atoms. The molecule has 0 amide bonds. The van der Waals surface area contributed by atoms with E-state index in [4.69, 9.17) is 0 Å². The van der Waals surface area contributed by atoms with E-state index in [-0.39, 0.29) is 0 Å². The van der Waals surface area contributed by atoms with Crippen molar-refractivity contribution in [3.05, 3.63) is 23.8 Å². The molecular formula is C10H19N. The van der Waals surface area contributed by atoms with E-state index in [1.807, 2.05) is 20.0 Å². The van der Waals surface area contributed by atoms with Crippen molar-refractivity contribution in [2.45, 2.75) is 33.2 Å². The Morgan fingerprint density at radius 1 is 1.55 bits per heavy atom. The molecule has 0 fully saturated rings. The number of hydrogen-bond donors (Lipinski definition) is 1. The van der Waals surface area contributed by atoms with Crippen LogP contribution in [0.25, 0.3) is 0 Å². The second-order valence-corrected chi connectivity index (χ2v) is 2.93. The summed E-state index contributed by atoms with van der Waals surface area (Å²) in [5, 5.41) is 3.21. The van der Waals surface area contributed by atoms with Gasteiger partial charge in [-0.2, -0.15) is 0 Å². The molecule has 0 bridgehead atoms. The van der Waals surface area contributed by atoms with Gasteiger partial charge in [0.05, 0.1) is 0 Å². The standard InChI is InChI=1S/C10H19N/c1-5-6-7-9(2)8-10(3)11-4/h5-7,10-11H,8H2,1-4H3/b6-5-,9-7+. The summed E-state index contributed by atoms with van der Waals surface area (Å²) in [6.07, 6.45) is 7.42. The van der Waals surface area contributed by atoms with Crippen LogP contribution in [0.2, 0.25) is 0 Å². The molecule has 1 atom stereocenters. The van der Waals surface area contributed by atoms with Crippen LogP contribution in [0.1, 0.15) is 27.2 Å². The van der Waals surface area contributed by atoms with Crippen LogP contribution in [0, 0.1) is 0 Å². The zero-order valence-corrected chi connectivity index (χ0v) is 8.02. The summed E-state index contributed by atoms with van der Waals surface area (Å²) in [4.78, 5) is 0. The molecular weight excluding hydrogens is 134 g/mol. The van der Waals surface area contributed by atoms with Crippen LogP contribution in [-0.2, 0) is 0 Å². The van der Waals surface area contributed by atoms with Gasteiger partial charge in [0.25, 0.3) is 0 Å². The number of allylic oxidation sites excluding steroid dienone is 3. The maximum Gasteiger partial charge on any atom is 0.00729 e. The van der Waals surface area contributed by atoms with Gasteiger partial charge in [0.15, 0.2) is 0 Å². The van der Waals surface area contributed by atoms with E-state index in [0.29, 0.717) is 6.04 Å². The Hall–Kier alpha value is -0.560. The lowest BCUT2D eigenvalue weighted by atomic mass is 10.1. The van der Waals surface area contributed by atoms with Crippen molar-refractivity contribution in [2.75, 3.05) is 7.05 Å². The molecule has 0 aliphatic rings. The molecule has 1 nitrogen and oxygen atoms in total. The Kier molecular flexibility index (Phi) is 5.86. The lowest BCUT2D eigenvalue weighted by molar-refractivity contribution is 0.605. The highest BCUT2D eigenvalue weighted by Gasteiger charge is 1.96. The van der Waals surface area contributed by atoms with Crippen LogP contribution in [0.4, 0.5) is 0 Å². The second-order valence-electron chi connectivity index (χ2n) is 2.93. The summed E-state index contributed by atoms with van der Waals surface area (Å²) in [7, 11) is 1.99. The molecule has 0 aromatic carbocycles. The predicted octanol–water partition coefficient (Wildman–Crippen LogP) is 2.51. The topological polar surface area (TPSA) is 12.0 Å². The van der Waals surface area contributed by atoms with Gasteiger partial charge in [-0.1, -0.05) is 23.8 Å². The van der Waals surface area contributed by atoms with Crippen molar-refractivity contribution >= 4 is 0 Å². The Morgan fingerprint density at radius 2 is 2.18 bits per heavy atom. The molecule has 0 aromatic heterocycles. The number of rotatable bonds is 4. The summed E-state index contributed by atoms with van der Waals surface area (Å²) >= 11 is 0. The van der Waals surface area contributed by atoms with Crippen LogP contribution in [0.15, 0.2) is 23.8 Å². The zero-order chi connectivity index (χ0) is 8.69. The number of hydrogen-bond acceptors (Lipinski definition) is 1. The fourth-order valence-electron chi connectivity index (χ4n) is 0.914. The first-order valence-electron chi connectivity index (χ1n) is 4.16. The van der Waals surface area contributed by atoms with E-state index in [1.165, 1.54) is 5.57 Å². The van der Waals surface area contributed by atoms with Gasteiger partial charge in [-0.15, -0.1) is 0 Å². The Balaban J connectivity index is 3.75. The summed E-state index contributed by atoms with van der Waals surface area (Å²) < 4.78 is 0. The molecule has 0 saturated carbocycles. The minimum absolute atomic E-state index is 0.580. The fraction of sp³-hybridized carbons (Fsp3) is 0.600. The maximum absolute atomic E-state index is 3.21. The summed E-state index contributed by atoms with van der Waals surface area (Å²) in [5.74, 6) is 0. The largest absolute Gasteiger partial charge is 0.317 e. The van der Waals surface area contributed by atoms with Crippen molar-refractivity contribution in [1.82, 2.24) is 5.32 Å². The molecule has 0 aliphatic carbocycles. The molecule has 0 rings (SSSR count). The van der Waals surface area contributed by atoms with Gasteiger partial charge in [0, 0.05) is 6.04 Å². The van der Waals surface area contributed by atoms with Crippen LogP contribution in [-0.4, -0.2) is 13.1 Å². The monoisotopic (exact) mass is 153 g/mol. The van der Waals surface area contributed by atoms with Gasteiger partial charge in [0.1, 0.15) is 0 Å². The maximum atomic E-state index is 3.21. The highest BCUT2D eigenvalue weighted by atomic mass is 14.8. The van der Waals surface area contributed by atoms with Crippen molar-refractivity contribution in [3.63, 3.8) is 0 Å². The normalized spacial score (nSPS) is 15.8. The Morgan fingerprint density at radius 3 is 2.64 bits per heavy atom. The summed E-state index contributed by atoms with van der Waals surface area (Å²) in [6, 6.07) is 0.580. The van der Waals surface area contributed by atoms with Crippen molar-refractivity contribution in [1.29, 1.82) is 0 Å². The van der Waals surface area contributed by atoms with E-state index in [9.17, 15) is 0 Å². The molecule has 1 unspecified atom stereocenters. The van der Waals surface area contributed by atoms with Gasteiger partial charge in [-0.25, -0.2) is 0 Å². The summed E-state index contributed by atoms with van der Waals surface area (Å²) in [6.45, 7) is 6.38. The molecule has 1 heteroatoms.